The number of carbonyl (C=O) groups is 2. The summed E-state index contributed by atoms with van der Waals surface area (Å²) >= 11 is 1.42. The summed E-state index contributed by atoms with van der Waals surface area (Å²) in [5.74, 6) is -0.694. The molecule has 10 heteroatoms. The highest BCUT2D eigenvalue weighted by molar-refractivity contribution is 8.00. The lowest BCUT2D eigenvalue weighted by Crippen LogP contribution is -2.39. The van der Waals surface area contributed by atoms with Crippen LogP contribution in [0.1, 0.15) is 19.4 Å². The van der Waals surface area contributed by atoms with Gasteiger partial charge in [-0.05, 0) is 19.4 Å². The van der Waals surface area contributed by atoms with E-state index in [4.69, 9.17) is 15.2 Å². The van der Waals surface area contributed by atoms with E-state index in [-0.39, 0.29) is 29.0 Å². The van der Waals surface area contributed by atoms with Gasteiger partial charge in [-0.2, -0.15) is 0 Å². The van der Waals surface area contributed by atoms with Gasteiger partial charge in [0.25, 0.3) is 5.69 Å². The molecule has 0 aromatic heterocycles. The van der Waals surface area contributed by atoms with Crippen molar-refractivity contribution >= 4 is 35.0 Å². The van der Waals surface area contributed by atoms with Crippen molar-refractivity contribution in [2.75, 3.05) is 33.1 Å². The molecule has 9 nitrogen and oxygen atoms in total. The molecule has 30 heavy (non-hydrogen) atoms. The van der Waals surface area contributed by atoms with E-state index in [0.717, 1.165) is 0 Å². The van der Waals surface area contributed by atoms with E-state index in [0.29, 0.717) is 23.6 Å². The lowest BCUT2D eigenvalue weighted by atomic mass is 9.88. The fourth-order valence-corrected chi connectivity index (χ4v) is 4.32. The van der Waals surface area contributed by atoms with Gasteiger partial charge in [0.2, 0.25) is 0 Å². The number of benzene rings is 1. The van der Waals surface area contributed by atoms with Gasteiger partial charge in [0.15, 0.2) is 0 Å². The van der Waals surface area contributed by atoms with Gasteiger partial charge < -0.3 is 20.1 Å². The summed E-state index contributed by atoms with van der Waals surface area (Å²) in [6.45, 7) is 3.95. The summed E-state index contributed by atoms with van der Waals surface area (Å²) < 4.78 is 10.3. The van der Waals surface area contributed by atoms with Gasteiger partial charge in [-0.25, -0.2) is 9.59 Å². The van der Waals surface area contributed by atoms with Crippen LogP contribution in [0, 0.1) is 10.1 Å². The first-order chi connectivity index (χ1) is 14.3. The molecule has 1 aromatic rings. The van der Waals surface area contributed by atoms with Crippen LogP contribution in [-0.4, -0.2) is 60.2 Å². The minimum absolute atomic E-state index is 0.138. The Morgan fingerprint density at radius 3 is 2.60 bits per heavy atom. The third kappa shape index (κ3) is 4.65. The predicted molar refractivity (Wildman–Crippen MR) is 114 cm³/mol. The number of carbonyl (C=O) groups excluding carboxylic acids is 2. The van der Waals surface area contributed by atoms with Crippen molar-refractivity contribution in [2.45, 2.75) is 19.2 Å². The summed E-state index contributed by atoms with van der Waals surface area (Å²) in [6.07, 6.45) is 0. The number of thioether (sulfide) groups is 1. The molecule has 0 spiro atoms. The van der Waals surface area contributed by atoms with E-state index in [1.54, 1.807) is 31.9 Å². The molecule has 0 radical (unpaired) electrons. The number of likely N-dealkylation sites (N-methyl/N-ethyl adjacent to an activating group) is 1. The van der Waals surface area contributed by atoms with Gasteiger partial charge in [0.1, 0.15) is 5.37 Å². The van der Waals surface area contributed by atoms with Crippen LogP contribution in [0.3, 0.4) is 0 Å². The second kappa shape index (κ2) is 10.3. The average molecular weight is 436 g/mol. The van der Waals surface area contributed by atoms with Crippen molar-refractivity contribution in [3.05, 3.63) is 56.8 Å². The fourth-order valence-electron chi connectivity index (χ4n) is 3.20. The molecule has 0 bridgehead atoms. The maximum Gasteiger partial charge on any atom is 0.340 e. The number of nitro benzene ring substituents is 1. The molecule has 0 fully saturated rings. The Morgan fingerprint density at radius 1 is 1.33 bits per heavy atom. The van der Waals surface area contributed by atoms with Crippen molar-refractivity contribution in [2.24, 2.45) is 5.73 Å². The molecule has 0 saturated heterocycles. The molecule has 1 atom stereocenters. The van der Waals surface area contributed by atoms with Crippen LogP contribution in [0.4, 0.5) is 5.69 Å². The Morgan fingerprint density at radius 2 is 2.03 bits per heavy atom. The lowest BCUT2D eigenvalue weighted by Gasteiger charge is -2.38. The minimum Gasteiger partial charge on any atom is -0.465 e. The number of methoxy groups -OCH3 is 1. The summed E-state index contributed by atoms with van der Waals surface area (Å²) in [5, 5.41) is 10.8. The number of hydrogen-bond donors (Lipinski definition) is 1. The van der Waals surface area contributed by atoms with Crippen LogP contribution >= 0.6 is 11.8 Å². The molecule has 0 saturated carbocycles. The molecular formula is C20H25N3O6S. The van der Waals surface area contributed by atoms with Crippen LogP contribution in [0.2, 0.25) is 0 Å². The predicted octanol–water partition coefficient (Wildman–Crippen LogP) is 2.32. The number of non-ortho nitro benzene ring substituents is 1. The van der Waals surface area contributed by atoms with E-state index in [9.17, 15) is 19.7 Å². The number of nitro groups is 1. The number of ether oxygens (including phenoxy) is 2. The molecule has 2 N–H and O–H groups in total. The number of allylic oxidation sites excluding steroid dienone is 1. The maximum atomic E-state index is 13.0. The first-order valence-corrected chi connectivity index (χ1v) is 10.3. The lowest BCUT2D eigenvalue weighted by molar-refractivity contribution is -0.384. The second-order valence-electron chi connectivity index (χ2n) is 6.39. The Hall–Kier alpha value is -2.85. The largest absolute Gasteiger partial charge is 0.465 e. The zero-order valence-electron chi connectivity index (χ0n) is 17.3. The van der Waals surface area contributed by atoms with E-state index in [1.807, 2.05) is 0 Å². The van der Waals surface area contributed by atoms with Crippen LogP contribution in [0.15, 0.2) is 41.1 Å². The Labute approximate surface area is 179 Å². The number of rotatable bonds is 8. The van der Waals surface area contributed by atoms with Crippen molar-refractivity contribution in [3.8, 4) is 0 Å². The first kappa shape index (κ1) is 23.4. The summed E-state index contributed by atoms with van der Waals surface area (Å²) in [7, 11) is 3.00. The minimum atomic E-state index is -0.648. The Bertz CT molecular complexity index is 912. The SMILES string of the molecule is CCOC(=O)C1=C(c2cccc([N+](=O)[O-])c2)C(C(=O)OC)=C(C)N(C)C1SCCN. The van der Waals surface area contributed by atoms with Gasteiger partial charge in [-0.1, -0.05) is 12.1 Å². The van der Waals surface area contributed by atoms with Crippen LogP contribution in [0.25, 0.3) is 5.57 Å². The molecular weight excluding hydrogens is 410 g/mol. The summed E-state index contributed by atoms with van der Waals surface area (Å²) in [5.41, 5.74) is 7.11. The van der Waals surface area contributed by atoms with Gasteiger partial charge in [0, 0.05) is 42.7 Å². The zero-order chi connectivity index (χ0) is 22.4. The van der Waals surface area contributed by atoms with Gasteiger partial charge in [-0.3, -0.25) is 10.1 Å². The molecule has 0 amide bonds. The maximum absolute atomic E-state index is 13.0. The van der Waals surface area contributed by atoms with Crippen LogP contribution in [-0.2, 0) is 19.1 Å². The monoisotopic (exact) mass is 435 g/mol. The van der Waals surface area contributed by atoms with Crippen molar-refractivity contribution in [3.63, 3.8) is 0 Å². The highest BCUT2D eigenvalue weighted by atomic mass is 32.2. The first-order valence-electron chi connectivity index (χ1n) is 9.28. The molecule has 162 valence electrons. The summed E-state index contributed by atoms with van der Waals surface area (Å²) in [4.78, 5) is 38.3. The van der Waals surface area contributed by atoms with E-state index >= 15 is 0 Å². The molecule has 2 rings (SSSR count). The normalized spacial score (nSPS) is 16.6. The third-order valence-corrected chi connectivity index (χ3v) is 5.97. The van der Waals surface area contributed by atoms with Crippen molar-refractivity contribution < 1.29 is 24.0 Å². The van der Waals surface area contributed by atoms with Crippen LogP contribution in [0.5, 0.6) is 0 Å². The molecule has 0 aliphatic carbocycles. The quantitative estimate of drug-likeness (QED) is 0.372. The van der Waals surface area contributed by atoms with Gasteiger partial charge >= 0.3 is 11.9 Å². The van der Waals surface area contributed by atoms with Crippen LogP contribution < -0.4 is 5.73 Å². The number of esters is 2. The molecule has 1 aliphatic rings. The zero-order valence-corrected chi connectivity index (χ0v) is 18.2. The molecule has 1 aliphatic heterocycles. The van der Waals surface area contributed by atoms with E-state index in [1.165, 1.54) is 37.1 Å². The van der Waals surface area contributed by atoms with E-state index < -0.39 is 22.2 Å². The topological polar surface area (TPSA) is 125 Å². The Kier molecular flexibility index (Phi) is 8.01. The second-order valence-corrected chi connectivity index (χ2v) is 7.58. The summed E-state index contributed by atoms with van der Waals surface area (Å²) in [6, 6.07) is 5.81. The average Bonchev–Trinajstić information content (AvgIpc) is 2.73. The smallest absolute Gasteiger partial charge is 0.340 e. The molecule has 1 unspecified atom stereocenters. The number of nitrogens with zero attached hydrogens (tertiary/aromatic N) is 2. The van der Waals surface area contributed by atoms with Gasteiger partial charge in [-0.15, -0.1) is 11.8 Å². The Balaban J connectivity index is 2.88. The standard InChI is InChI=1S/C20H25N3O6S/c1-5-29-20(25)17-16(13-7-6-8-14(11-13)23(26)27)15(19(24)28-4)12(2)22(3)18(17)30-10-9-21/h6-8,11,18H,5,9-10,21H2,1-4H3. The fraction of sp³-hybridized carbons (Fsp3) is 0.400. The third-order valence-electron chi connectivity index (χ3n) is 4.63. The van der Waals surface area contributed by atoms with Crippen molar-refractivity contribution in [1.82, 2.24) is 4.90 Å². The molecule has 1 aromatic carbocycles. The van der Waals surface area contributed by atoms with Gasteiger partial charge in [0.05, 0.1) is 29.8 Å². The van der Waals surface area contributed by atoms with E-state index in [2.05, 4.69) is 0 Å². The highest BCUT2D eigenvalue weighted by Crippen LogP contribution is 2.42. The molecule has 1 heterocycles. The number of hydrogen-bond acceptors (Lipinski definition) is 9. The highest BCUT2D eigenvalue weighted by Gasteiger charge is 2.39. The van der Waals surface area contributed by atoms with Crippen molar-refractivity contribution in [1.29, 1.82) is 0 Å². The number of nitrogens with two attached hydrogens (primary N) is 1.